The van der Waals surface area contributed by atoms with Gasteiger partial charge in [0.15, 0.2) is 18.1 Å². The maximum atomic E-state index is 12.6. The van der Waals surface area contributed by atoms with Crippen molar-refractivity contribution in [3.8, 4) is 23.1 Å². The Morgan fingerprint density at radius 2 is 1.67 bits per heavy atom. The highest BCUT2D eigenvalue weighted by Gasteiger charge is 2.14. The van der Waals surface area contributed by atoms with Gasteiger partial charge in [0, 0.05) is 24.4 Å². The second-order valence-electron chi connectivity index (χ2n) is 6.79. The second-order valence-corrected chi connectivity index (χ2v) is 6.79. The number of anilines is 1. The monoisotopic (exact) mass is 451 g/mol. The van der Waals surface area contributed by atoms with Crippen molar-refractivity contribution in [3.63, 3.8) is 0 Å². The number of aromatic nitrogens is 1. The summed E-state index contributed by atoms with van der Waals surface area (Å²) >= 11 is 0. The molecule has 33 heavy (non-hydrogen) atoms. The summed E-state index contributed by atoms with van der Waals surface area (Å²) in [4.78, 5) is 28.9. The second kappa shape index (κ2) is 11.4. The van der Waals surface area contributed by atoms with Crippen LogP contribution in [-0.2, 0) is 11.3 Å². The molecule has 0 spiro atoms. The lowest BCUT2D eigenvalue weighted by atomic mass is 10.1. The van der Waals surface area contributed by atoms with E-state index in [9.17, 15) is 9.59 Å². The van der Waals surface area contributed by atoms with Crippen molar-refractivity contribution < 1.29 is 28.5 Å². The van der Waals surface area contributed by atoms with E-state index in [1.807, 2.05) is 6.07 Å². The molecule has 2 amide bonds. The Labute approximate surface area is 191 Å². The third kappa shape index (κ3) is 6.36. The number of pyridine rings is 1. The van der Waals surface area contributed by atoms with Crippen molar-refractivity contribution in [2.24, 2.45) is 0 Å². The number of hydrogen-bond donors (Lipinski definition) is 2. The van der Waals surface area contributed by atoms with E-state index in [2.05, 4.69) is 15.6 Å². The first-order valence-electron chi connectivity index (χ1n) is 10.0. The number of methoxy groups -OCH3 is 3. The number of carbonyl (C=O) groups is 2. The molecule has 2 aromatic carbocycles. The number of carbonyl (C=O) groups excluding carboxylic acids is 2. The number of amides is 2. The van der Waals surface area contributed by atoms with Crippen LogP contribution in [0, 0.1) is 0 Å². The highest BCUT2D eigenvalue weighted by Crippen LogP contribution is 2.28. The van der Waals surface area contributed by atoms with Crippen molar-refractivity contribution in [2.45, 2.75) is 6.54 Å². The van der Waals surface area contributed by atoms with Crippen molar-refractivity contribution in [1.82, 2.24) is 10.3 Å². The molecule has 9 nitrogen and oxygen atoms in total. The fourth-order valence-electron chi connectivity index (χ4n) is 2.96. The van der Waals surface area contributed by atoms with Gasteiger partial charge in [0.05, 0.1) is 27.0 Å². The van der Waals surface area contributed by atoms with E-state index >= 15 is 0 Å². The Hall–Kier alpha value is -4.27. The van der Waals surface area contributed by atoms with E-state index in [4.69, 9.17) is 18.9 Å². The van der Waals surface area contributed by atoms with E-state index in [-0.39, 0.29) is 18.4 Å². The van der Waals surface area contributed by atoms with E-state index < -0.39 is 0 Å². The molecule has 2 N–H and O–H groups in total. The fraction of sp³-hybridized carbons (Fsp3) is 0.208. The summed E-state index contributed by atoms with van der Waals surface area (Å²) < 4.78 is 21.2. The molecular weight excluding hydrogens is 426 g/mol. The fourth-order valence-corrected chi connectivity index (χ4v) is 2.96. The van der Waals surface area contributed by atoms with Crippen molar-refractivity contribution >= 4 is 17.5 Å². The molecule has 1 aromatic heterocycles. The molecule has 172 valence electrons. The lowest BCUT2D eigenvalue weighted by molar-refractivity contribution is -0.118. The Morgan fingerprint density at radius 1 is 0.879 bits per heavy atom. The molecule has 0 unspecified atom stereocenters. The molecule has 9 heteroatoms. The molecule has 3 rings (SSSR count). The summed E-state index contributed by atoms with van der Waals surface area (Å²) in [5, 5.41) is 5.56. The summed E-state index contributed by atoms with van der Waals surface area (Å²) in [6.07, 6.45) is 1.61. The maximum absolute atomic E-state index is 12.6. The average molecular weight is 451 g/mol. The van der Waals surface area contributed by atoms with E-state index in [1.165, 1.54) is 21.3 Å². The van der Waals surface area contributed by atoms with Gasteiger partial charge < -0.3 is 29.6 Å². The zero-order valence-electron chi connectivity index (χ0n) is 18.6. The Morgan fingerprint density at radius 3 is 2.42 bits per heavy atom. The van der Waals surface area contributed by atoms with Crippen LogP contribution in [0.15, 0.2) is 60.8 Å². The lowest BCUT2D eigenvalue weighted by Crippen LogP contribution is -2.23. The lowest BCUT2D eigenvalue weighted by Gasteiger charge is -2.13. The number of hydrogen-bond acceptors (Lipinski definition) is 7. The maximum Gasteiger partial charge on any atom is 0.262 e. The largest absolute Gasteiger partial charge is 0.495 e. The molecule has 0 radical (unpaired) electrons. The van der Waals surface area contributed by atoms with Gasteiger partial charge in [-0.15, -0.1) is 0 Å². The SMILES string of the molecule is COc1cc(CNC(=O)c2ccc(OCC(=O)Nc3ccccc3OC)c(OC)c2)ccn1. The molecule has 0 saturated carbocycles. The van der Waals surface area contributed by atoms with Crippen molar-refractivity contribution in [3.05, 3.63) is 71.9 Å². The third-order valence-electron chi connectivity index (χ3n) is 4.63. The molecule has 3 aromatic rings. The van der Waals surface area contributed by atoms with Crippen molar-refractivity contribution in [2.75, 3.05) is 33.3 Å². The third-order valence-corrected chi connectivity index (χ3v) is 4.63. The standard InChI is InChI=1S/C24H25N3O6/c1-30-19-7-5-4-6-18(19)27-22(28)15-33-20-9-8-17(13-21(20)31-2)24(29)26-14-16-10-11-25-23(12-16)32-3/h4-13H,14-15H2,1-3H3,(H,26,29)(H,27,28). The van der Waals surface area contributed by atoms with Crippen LogP contribution < -0.4 is 29.6 Å². The zero-order chi connectivity index (χ0) is 23.6. The first-order chi connectivity index (χ1) is 16.0. The van der Waals surface area contributed by atoms with Crippen molar-refractivity contribution in [1.29, 1.82) is 0 Å². The number of nitrogens with zero attached hydrogens (tertiary/aromatic N) is 1. The smallest absolute Gasteiger partial charge is 0.262 e. The molecular formula is C24H25N3O6. The van der Waals surface area contributed by atoms with Crippen LogP contribution in [0.1, 0.15) is 15.9 Å². The summed E-state index contributed by atoms with van der Waals surface area (Å²) in [6.45, 7) is 0.0607. The number of benzene rings is 2. The highest BCUT2D eigenvalue weighted by molar-refractivity contribution is 5.95. The van der Waals surface area contributed by atoms with Gasteiger partial charge in [0.25, 0.3) is 11.8 Å². The van der Waals surface area contributed by atoms with Gasteiger partial charge in [0.1, 0.15) is 5.75 Å². The summed E-state index contributed by atoms with van der Waals surface area (Å²) in [5.74, 6) is 1.03. The van der Waals surface area contributed by atoms with Gasteiger partial charge in [-0.3, -0.25) is 9.59 Å². The topological polar surface area (TPSA) is 108 Å². The van der Waals surface area contributed by atoms with Crippen LogP contribution in [0.5, 0.6) is 23.1 Å². The molecule has 0 aliphatic rings. The molecule has 0 saturated heterocycles. The van der Waals surface area contributed by atoms with E-state index in [0.717, 1.165) is 5.56 Å². The van der Waals surface area contributed by atoms with E-state index in [0.29, 0.717) is 40.9 Å². The number of ether oxygens (including phenoxy) is 4. The number of rotatable bonds is 10. The van der Waals surface area contributed by atoms with Gasteiger partial charge in [-0.2, -0.15) is 0 Å². The molecule has 0 fully saturated rings. The zero-order valence-corrected chi connectivity index (χ0v) is 18.6. The van der Waals surface area contributed by atoms with E-state index in [1.54, 1.807) is 54.7 Å². The normalized spacial score (nSPS) is 10.2. The molecule has 0 bridgehead atoms. The highest BCUT2D eigenvalue weighted by atomic mass is 16.5. The predicted octanol–water partition coefficient (Wildman–Crippen LogP) is 3.05. The minimum atomic E-state index is -0.365. The van der Waals surface area contributed by atoms with Gasteiger partial charge in [0.2, 0.25) is 5.88 Å². The average Bonchev–Trinajstić information content (AvgIpc) is 2.86. The van der Waals surface area contributed by atoms with Crippen LogP contribution >= 0.6 is 0 Å². The van der Waals surface area contributed by atoms with Crippen LogP contribution in [0.4, 0.5) is 5.69 Å². The molecule has 0 aliphatic carbocycles. The molecule has 1 heterocycles. The first kappa shape index (κ1) is 23.4. The summed E-state index contributed by atoms with van der Waals surface area (Å²) in [6, 6.07) is 15.3. The van der Waals surface area contributed by atoms with Crippen LogP contribution in [0.2, 0.25) is 0 Å². The Balaban J connectivity index is 1.59. The molecule has 0 atom stereocenters. The number of nitrogens with one attached hydrogen (secondary N) is 2. The van der Waals surface area contributed by atoms with Gasteiger partial charge >= 0.3 is 0 Å². The Kier molecular flexibility index (Phi) is 8.07. The van der Waals surface area contributed by atoms with Gasteiger partial charge in [-0.1, -0.05) is 12.1 Å². The minimum absolute atomic E-state index is 0.246. The summed E-state index contributed by atoms with van der Waals surface area (Å²) in [7, 11) is 4.52. The van der Waals surface area contributed by atoms with Crippen LogP contribution in [-0.4, -0.2) is 44.7 Å². The molecule has 0 aliphatic heterocycles. The van der Waals surface area contributed by atoms with Crippen LogP contribution in [0.3, 0.4) is 0 Å². The van der Waals surface area contributed by atoms with Crippen LogP contribution in [0.25, 0.3) is 0 Å². The van der Waals surface area contributed by atoms with Gasteiger partial charge in [-0.25, -0.2) is 4.98 Å². The number of para-hydroxylation sites is 2. The minimum Gasteiger partial charge on any atom is -0.495 e. The first-order valence-corrected chi connectivity index (χ1v) is 10.0. The summed E-state index contributed by atoms with van der Waals surface area (Å²) in [5.41, 5.74) is 1.78. The Bertz CT molecular complexity index is 1120. The predicted molar refractivity (Wildman–Crippen MR) is 122 cm³/mol. The van der Waals surface area contributed by atoms with Gasteiger partial charge in [-0.05, 0) is 42.0 Å². The quantitative estimate of drug-likeness (QED) is 0.488.